The molecule has 6 rings (SSSR count). The molecule has 7 nitrogen and oxygen atoms in total. The SMILES string of the molecule is O=C(c1ccccc1)N1CCN(C(=O)[C@@H]2CCCN(Cc3nc4ccccc4n3Cc3ccc(Cl)cc3)C2)CC1. The first kappa shape index (κ1) is 26.5. The van der Waals surface area contributed by atoms with Crippen LogP contribution < -0.4 is 0 Å². The third-order valence-electron chi connectivity index (χ3n) is 8.11. The second-order valence-corrected chi connectivity index (χ2v) is 11.2. The topological polar surface area (TPSA) is 61.7 Å². The molecule has 0 aliphatic carbocycles. The van der Waals surface area contributed by atoms with Crippen LogP contribution in [-0.2, 0) is 17.9 Å². The minimum absolute atomic E-state index is 0.0285. The molecule has 2 aliphatic heterocycles. The molecule has 0 saturated carbocycles. The normalized spacial score (nSPS) is 18.3. The Morgan fingerprint density at radius 1 is 0.800 bits per heavy atom. The van der Waals surface area contributed by atoms with Crippen LogP contribution in [0, 0.1) is 5.92 Å². The molecule has 0 bridgehead atoms. The van der Waals surface area contributed by atoms with E-state index in [4.69, 9.17) is 16.6 Å². The summed E-state index contributed by atoms with van der Waals surface area (Å²) in [7, 11) is 0. The van der Waals surface area contributed by atoms with Gasteiger partial charge in [0.1, 0.15) is 5.82 Å². The number of hydrogen-bond acceptors (Lipinski definition) is 4. The number of piperazine rings is 1. The van der Waals surface area contributed by atoms with Gasteiger partial charge in [-0.15, -0.1) is 0 Å². The average molecular weight is 556 g/mol. The highest BCUT2D eigenvalue weighted by molar-refractivity contribution is 6.30. The maximum Gasteiger partial charge on any atom is 0.253 e. The zero-order chi connectivity index (χ0) is 27.5. The zero-order valence-corrected chi connectivity index (χ0v) is 23.3. The second kappa shape index (κ2) is 11.8. The van der Waals surface area contributed by atoms with Gasteiger partial charge in [0.25, 0.3) is 5.91 Å². The number of fused-ring (bicyclic) bond motifs is 1. The highest BCUT2D eigenvalue weighted by Gasteiger charge is 2.32. The van der Waals surface area contributed by atoms with Crippen LogP contribution in [0.15, 0.2) is 78.9 Å². The Kier molecular flexibility index (Phi) is 7.84. The fourth-order valence-electron chi connectivity index (χ4n) is 5.95. The van der Waals surface area contributed by atoms with Crippen molar-refractivity contribution in [2.75, 3.05) is 39.3 Å². The Balaban J connectivity index is 1.10. The molecule has 8 heteroatoms. The van der Waals surface area contributed by atoms with E-state index < -0.39 is 0 Å². The van der Waals surface area contributed by atoms with E-state index in [-0.39, 0.29) is 17.7 Å². The third-order valence-corrected chi connectivity index (χ3v) is 8.36. The summed E-state index contributed by atoms with van der Waals surface area (Å²) in [6.45, 7) is 5.42. The molecule has 2 aliphatic rings. The standard InChI is InChI=1S/C32H34ClN5O2/c33-27-14-12-24(13-15-27)21-38-29-11-5-4-10-28(29)34-30(38)23-35-16-6-9-26(22-35)32(40)37-19-17-36(18-20-37)31(39)25-7-2-1-3-8-25/h1-5,7-8,10-15,26H,6,9,16-23H2/t26-/m1/s1. The summed E-state index contributed by atoms with van der Waals surface area (Å²) in [5.74, 6) is 1.24. The molecule has 3 aromatic carbocycles. The molecule has 1 aromatic heterocycles. The van der Waals surface area contributed by atoms with Crippen LogP contribution in [0.3, 0.4) is 0 Å². The van der Waals surface area contributed by atoms with Gasteiger partial charge in [0.15, 0.2) is 0 Å². The van der Waals surface area contributed by atoms with Crippen molar-refractivity contribution >= 4 is 34.4 Å². The summed E-state index contributed by atoms with van der Waals surface area (Å²) >= 11 is 6.12. The van der Waals surface area contributed by atoms with Crippen molar-refractivity contribution in [1.29, 1.82) is 0 Å². The van der Waals surface area contributed by atoms with Crippen molar-refractivity contribution in [1.82, 2.24) is 24.3 Å². The van der Waals surface area contributed by atoms with E-state index in [0.29, 0.717) is 38.3 Å². The number of benzene rings is 3. The van der Waals surface area contributed by atoms with Gasteiger partial charge < -0.3 is 14.4 Å². The summed E-state index contributed by atoms with van der Waals surface area (Å²) in [5.41, 5.74) is 3.97. The number of likely N-dealkylation sites (tertiary alicyclic amines) is 1. The summed E-state index contributed by atoms with van der Waals surface area (Å²) in [4.78, 5) is 37.5. The monoisotopic (exact) mass is 555 g/mol. The van der Waals surface area contributed by atoms with Crippen molar-refractivity contribution in [3.8, 4) is 0 Å². The molecular weight excluding hydrogens is 522 g/mol. The Morgan fingerprint density at radius 2 is 1.50 bits per heavy atom. The van der Waals surface area contributed by atoms with Crippen molar-refractivity contribution in [3.63, 3.8) is 0 Å². The largest absolute Gasteiger partial charge is 0.339 e. The van der Waals surface area contributed by atoms with Gasteiger partial charge >= 0.3 is 0 Å². The smallest absolute Gasteiger partial charge is 0.253 e. The molecule has 40 heavy (non-hydrogen) atoms. The van der Waals surface area contributed by atoms with Crippen LogP contribution in [0.2, 0.25) is 5.02 Å². The lowest BCUT2D eigenvalue weighted by Crippen LogP contribution is -2.53. The molecule has 206 valence electrons. The number of hydrogen-bond donors (Lipinski definition) is 0. The van der Waals surface area contributed by atoms with Gasteiger partial charge in [0.05, 0.1) is 23.5 Å². The molecule has 2 saturated heterocycles. The van der Waals surface area contributed by atoms with Gasteiger partial charge in [0, 0.05) is 49.9 Å². The molecule has 4 aromatic rings. The van der Waals surface area contributed by atoms with Crippen LogP contribution in [0.25, 0.3) is 11.0 Å². The van der Waals surface area contributed by atoms with Gasteiger partial charge in [-0.25, -0.2) is 4.98 Å². The van der Waals surface area contributed by atoms with Crippen LogP contribution in [-0.4, -0.2) is 75.3 Å². The summed E-state index contributed by atoms with van der Waals surface area (Å²) in [5, 5.41) is 0.729. The lowest BCUT2D eigenvalue weighted by molar-refractivity contribution is -0.139. The highest BCUT2D eigenvalue weighted by atomic mass is 35.5. The molecule has 2 fully saturated rings. The quantitative estimate of drug-likeness (QED) is 0.338. The molecule has 0 N–H and O–H groups in total. The predicted molar refractivity (Wildman–Crippen MR) is 157 cm³/mol. The minimum atomic E-state index is -0.0285. The predicted octanol–water partition coefficient (Wildman–Crippen LogP) is 4.93. The van der Waals surface area contributed by atoms with Crippen molar-refractivity contribution < 1.29 is 9.59 Å². The number of rotatable bonds is 6. The average Bonchev–Trinajstić information content (AvgIpc) is 3.34. The summed E-state index contributed by atoms with van der Waals surface area (Å²) in [6, 6.07) is 25.6. The fraction of sp³-hybridized carbons (Fsp3) is 0.344. The molecule has 2 amide bonds. The van der Waals surface area contributed by atoms with Crippen molar-refractivity contribution in [2.24, 2.45) is 5.92 Å². The van der Waals surface area contributed by atoms with E-state index in [2.05, 4.69) is 39.8 Å². The fourth-order valence-corrected chi connectivity index (χ4v) is 6.07. The Labute approximate surface area is 240 Å². The third kappa shape index (κ3) is 5.76. The number of aromatic nitrogens is 2. The van der Waals surface area contributed by atoms with Crippen LogP contribution >= 0.6 is 11.6 Å². The first-order valence-electron chi connectivity index (χ1n) is 14.1. The number of carbonyl (C=O) groups excluding carboxylic acids is 2. The number of imidazole rings is 1. The van der Waals surface area contributed by atoms with E-state index in [1.54, 1.807) is 0 Å². The van der Waals surface area contributed by atoms with Crippen LogP contribution in [0.4, 0.5) is 0 Å². The molecule has 1 atom stereocenters. The van der Waals surface area contributed by atoms with Crippen molar-refractivity contribution in [3.05, 3.63) is 101 Å². The van der Waals surface area contributed by atoms with Crippen LogP contribution in [0.1, 0.15) is 34.6 Å². The summed E-state index contributed by atoms with van der Waals surface area (Å²) in [6.07, 6.45) is 1.89. The number of amides is 2. The van der Waals surface area contributed by atoms with E-state index >= 15 is 0 Å². The number of nitrogens with zero attached hydrogens (tertiary/aromatic N) is 5. The van der Waals surface area contributed by atoms with Gasteiger partial charge in [-0.1, -0.05) is 54.1 Å². The zero-order valence-electron chi connectivity index (χ0n) is 22.6. The van der Waals surface area contributed by atoms with E-state index in [9.17, 15) is 9.59 Å². The molecule has 0 radical (unpaired) electrons. The first-order valence-corrected chi connectivity index (χ1v) is 14.5. The van der Waals surface area contributed by atoms with Crippen molar-refractivity contribution in [2.45, 2.75) is 25.9 Å². The number of piperidine rings is 1. The van der Waals surface area contributed by atoms with E-state index in [0.717, 1.165) is 54.4 Å². The Bertz CT molecular complexity index is 1480. The van der Waals surface area contributed by atoms with Gasteiger partial charge in [-0.3, -0.25) is 14.5 Å². The maximum atomic E-state index is 13.5. The van der Waals surface area contributed by atoms with Gasteiger partial charge in [0.2, 0.25) is 5.91 Å². The lowest BCUT2D eigenvalue weighted by Gasteiger charge is -2.39. The second-order valence-electron chi connectivity index (χ2n) is 10.8. The van der Waals surface area contributed by atoms with E-state index in [1.165, 1.54) is 5.56 Å². The number of para-hydroxylation sites is 2. The minimum Gasteiger partial charge on any atom is -0.339 e. The maximum absolute atomic E-state index is 13.5. The molecule has 0 spiro atoms. The number of carbonyl (C=O) groups is 2. The van der Waals surface area contributed by atoms with Gasteiger partial charge in [-0.05, 0) is 61.3 Å². The van der Waals surface area contributed by atoms with Gasteiger partial charge in [-0.2, -0.15) is 0 Å². The lowest BCUT2D eigenvalue weighted by atomic mass is 9.96. The number of halogens is 1. The van der Waals surface area contributed by atoms with Crippen LogP contribution in [0.5, 0.6) is 0 Å². The highest BCUT2D eigenvalue weighted by Crippen LogP contribution is 2.24. The Hall–Kier alpha value is -3.68. The van der Waals surface area contributed by atoms with E-state index in [1.807, 2.05) is 58.3 Å². The first-order chi connectivity index (χ1) is 19.5. The molecule has 3 heterocycles. The summed E-state index contributed by atoms with van der Waals surface area (Å²) < 4.78 is 2.28. The molecular formula is C32H34ClN5O2. The Morgan fingerprint density at radius 3 is 2.27 bits per heavy atom. The molecule has 0 unspecified atom stereocenters.